The third kappa shape index (κ3) is 2.56. The monoisotopic (exact) mass is 249 g/mol. The second kappa shape index (κ2) is 5.53. The third-order valence-electron chi connectivity index (χ3n) is 3.66. The molecule has 3 heteroatoms. The Labute approximate surface area is 109 Å². The van der Waals surface area contributed by atoms with Crippen molar-refractivity contribution in [3.63, 3.8) is 0 Å². The van der Waals surface area contributed by atoms with Gasteiger partial charge in [0.1, 0.15) is 5.54 Å². The Bertz CT molecular complexity index is 442. The summed E-state index contributed by atoms with van der Waals surface area (Å²) < 4.78 is 0. The van der Waals surface area contributed by atoms with E-state index in [4.69, 9.17) is 0 Å². The maximum Gasteiger partial charge on any atom is 0.328 e. The maximum atomic E-state index is 11.8. The summed E-state index contributed by atoms with van der Waals surface area (Å²) in [5, 5.41) is 9.66. The molecule has 0 heterocycles. The van der Waals surface area contributed by atoms with Crippen molar-refractivity contribution in [2.75, 3.05) is 13.6 Å². The lowest BCUT2D eigenvalue weighted by Gasteiger charge is -2.36. The van der Waals surface area contributed by atoms with Gasteiger partial charge in [-0.1, -0.05) is 30.7 Å². The molecule has 1 unspecified atom stereocenters. The van der Waals surface area contributed by atoms with Crippen molar-refractivity contribution in [2.45, 2.75) is 39.7 Å². The number of likely N-dealkylation sites (N-methyl/N-ethyl adjacent to an activating group) is 1. The Kier molecular flexibility index (Phi) is 4.52. The molecule has 0 spiro atoms. The van der Waals surface area contributed by atoms with Crippen LogP contribution < -0.4 is 0 Å². The zero-order valence-electron chi connectivity index (χ0n) is 11.9. The van der Waals surface area contributed by atoms with Gasteiger partial charge in [-0.15, -0.1) is 0 Å². The fourth-order valence-corrected chi connectivity index (χ4v) is 2.30. The van der Waals surface area contributed by atoms with Crippen LogP contribution in [0.4, 0.5) is 0 Å². The van der Waals surface area contributed by atoms with E-state index in [1.54, 1.807) is 6.92 Å². The van der Waals surface area contributed by atoms with Crippen molar-refractivity contribution in [2.24, 2.45) is 0 Å². The average molecular weight is 249 g/mol. The first-order chi connectivity index (χ1) is 8.33. The van der Waals surface area contributed by atoms with Gasteiger partial charge in [0.05, 0.1) is 0 Å². The van der Waals surface area contributed by atoms with Gasteiger partial charge < -0.3 is 5.11 Å². The summed E-state index contributed by atoms with van der Waals surface area (Å²) in [5.41, 5.74) is 2.03. The van der Waals surface area contributed by atoms with Crippen LogP contribution >= 0.6 is 0 Å². The van der Waals surface area contributed by atoms with E-state index in [0.29, 0.717) is 0 Å². The van der Waals surface area contributed by atoms with Gasteiger partial charge in [0.15, 0.2) is 0 Å². The van der Waals surface area contributed by atoms with E-state index in [1.807, 2.05) is 44.0 Å². The molecular formula is C15H23NO2. The topological polar surface area (TPSA) is 40.5 Å². The molecule has 18 heavy (non-hydrogen) atoms. The number of carboxylic acids is 1. The van der Waals surface area contributed by atoms with Crippen LogP contribution in [0.15, 0.2) is 18.2 Å². The van der Waals surface area contributed by atoms with Gasteiger partial charge in [-0.25, -0.2) is 4.79 Å². The fraction of sp³-hybridized carbons (Fsp3) is 0.533. The molecular weight excluding hydrogens is 226 g/mol. The van der Waals surface area contributed by atoms with E-state index in [-0.39, 0.29) is 0 Å². The van der Waals surface area contributed by atoms with Gasteiger partial charge in [-0.05, 0) is 51.9 Å². The minimum absolute atomic E-state index is 0.760. The lowest BCUT2D eigenvalue weighted by molar-refractivity contribution is -0.150. The van der Waals surface area contributed by atoms with Crippen LogP contribution in [0.25, 0.3) is 0 Å². The summed E-state index contributed by atoms with van der Waals surface area (Å²) in [4.78, 5) is 13.7. The van der Waals surface area contributed by atoms with Crippen molar-refractivity contribution >= 4 is 5.97 Å². The number of hydrogen-bond donors (Lipinski definition) is 1. The first-order valence-corrected chi connectivity index (χ1v) is 6.36. The molecule has 0 saturated heterocycles. The van der Waals surface area contributed by atoms with Crippen LogP contribution in [0, 0.1) is 13.8 Å². The molecule has 0 amide bonds. The number of carboxylic acid groups (broad SMARTS) is 1. The molecule has 1 aromatic carbocycles. The van der Waals surface area contributed by atoms with Gasteiger partial charge in [-0.2, -0.15) is 0 Å². The first kappa shape index (κ1) is 14.7. The summed E-state index contributed by atoms with van der Waals surface area (Å²) >= 11 is 0. The number of carbonyl (C=O) groups is 1. The molecule has 0 bridgehead atoms. The van der Waals surface area contributed by atoms with Crippen molar-refractivity contribution in [1.82, 2.24) is 4.90 Å². The van der Waals surface area contributed by atoms with Gasteiger partial charge in [-0.3, -0.25) is 4.90 Å². The molecule has 0 radical (unpaired) electrons. The van der Waals surface area contributed by atoms with Gasteiger partial charge in [0.2, 0.25) is 0 Å². The van der Waals surface area contributed by atoms with Crippen LogP contribution in [0.5, 0.6) is 0 Å². The number of hydrogen-bond acceptors (Lipinski definition) is 2. The summed E-state index contributed by atoms with van der Waals surface area (Å²) in [7, 11) is 1.87. The molecule has 3 nitrogen and oxygen atoms in total. The smallest absolute Gasteiger partial charge is 0.328 e. The SMILES string of the molecule is CCCN(C)C(C)(C(=O)O)c1cc(C)ccc1C. The van der Waals surface area contributed by atoms with E-state index in [9.17, 15) is 9.90 Å². The van der Waals surface area contributed by atoms with E-state index in [1.165, 1.54) is 0 Å². The summed E-state index contributed by atoms with van der Waals surface area (Å²) in [6.45, 7) is 8.56. The summed E-state index contributed by atoms with van der Waals surface area (Å²) in [5.74, 6) is -0.799. The molecule has 0 aliphatic rings. The molecule has 1 aromatic rings. The molecule has 0 aromatic heterocycles. The van der Waals surface area contributed by atoms with Gasteiger partial charge in [0, 0.05) is 0 Å². The Morgan fingerprint density at radius 2 is 2.00 bits per heavy atom. The van der Waals surface area contributed by atoms with Gasteiger partial charge >= 0.3 is 5.97 Å². The largest absolute Gasteiger partial charge is 0.480 e. The second-order valence-electron chi connectivity index (χ2n) is 5.12. The molecule has 0 fully saturated rings. The number of aryl methyl sites for hydroxylation is 2. The Morgan fingerprint density at radius 3 is 2.50 bits per heavy atom. The number of rotatable bonds is 5. The van der Waals surface area contributed by atoms with Crippen molar-refractivity contribution in [3.8, 4) is 0 Å². The highest BCUT2D eigenvalue weighted by molar-refractivity contribution is 5.81. The molecule has 0 aliphatic heterocycles. The third-order valence-corrected chi connectivity index (χ3v) is 3.66. The highest BCUT2D eigenvalue weighted by Gasteiger charge is 2.40. The van der Waals surface area contributed by atoms with Crippen molar-refractivity contribution < 1.29 is 9.90 Å². The minimum Gasteiger partial charge on any atom is -0.480 e. The van der Waals surface area contributed by atoms with Crippen LogP contribution in [-0.2, 0) is 10.3 Å². The molecule has 1 N–H and O–H groups in total. The Hall–Kier alpha value is -1.35. The Morgan fingerprint density at radius 1 is 1.39 bits per heavy atom. The second-order valence-corrected chi connectivity index (χ2v) is 5.12. The minimum atomic E-state index is -0.966. The molecule has 1 rings (SSSR count). The van der Waals surface area contributed by atoms with Crippen molar-refractivity contribution in [1.29, 1.82) is 0 Å². The molecule has 1 atom stereocenters. The number of nitrogens with zero attached hydrogens (tertiary/aromatic N) is 1. The predicted molar refractivity (Wildman–Crippen MR) is 73.8 cm³/mol. The highest BCUT2D eigenvalue weighted by Crippen LogP contribution is 2.31. The van der Waals surface area contributed by atoms with Crippen LogP contribution in [0.1, 0.15) is 37.0 Å². The standard InChI is InChI=1S/C15H23NO2/c1-6-9-16(5)15(4,14(17)18)13-10-11(2)7-8-12(13)3/h7-8,10H,6,9H2,1-5H3,(H,17,18). The predicted octanol–water partition coefficient (Wildman–Crippen LogP) is 2.95. The van der Waals surface area contributed by atoms with E-state index >= 15 is 0 Å². The number of aliphatic carboxylic acids is 1. The van der Waals surface area contributed by atoms with Crippen LogP contribution in [0.3, 0.4) is 0 Å². The highest BCUT2D eigenvalue weighted by atomic mass is 16.4. The quantitative estimate of drug-likeness (QED) is 0.872. The zero-order valence-corrected chi connectivity index (χ0v) is 11.9. The summed E-state index contributed by atoms with van der Waals surface area (Å²) in [6, 6.07) is 5.99. The lowest BCUT2D eigenvalue weighted by atomic mass is 9.86. The normalized spacial score (nSPS) is 14.6. The van der Waals surface area contributed by atoms with Crippen LogP contribution in [-0.4, -0.2) is 29.6 Å². The fourth-order valence-electron chi connectivity index (χ4n) is 2.30. The molecule has 100 valence electrons. The van der Waals surface area contributed by atoms with Crippen molar-refractivity contribution in [3.05, 3.63) is 34.9 Å². The van der Waals surface area contributed by atoms with E-state index in [2.05, 4.69) is 6.92 Å². The maximum absolute atomic E-state index is 11.8. The summed E-state index contributed by atoms with van der Waals surface area (Å²) in [6.07, 6.45) is 0.935. The van der Waals surface area contributed by atoms with Gasteiger partial charge in [0.25, 0.3) is 0 Å². The number of benzene rings is 1. The van der Waals surface area contributed by atoms with E-state index in [0.717, 1.165) is 29.7 Å². The zero-order chi connectivity index (χ0) is 13.9. The van der Waals surface area contributed by atoms with E-state index < -0.39 is 11.5 Å². The molecule has 0 aliphatic carbocycles. The lowest BCUT2D eigenvalue weighted by Crippen LogP contribution is -2.48. The molecule has 0 saturated carbocycles. The average Bonchev–Trinajstić information content (AvgIpc) is 2.31. The van der Waals surface area contributed by atoms with Crippen LogP contribution in [0.2, 0.25) is 0 Å². The first-order valence-electron chi connectivity index (χ1n) is 6.36. The Balaban J connectivity index is 3.35.